The number of aromatic nitrogens is 4. The molecule has 0 atom stereocenters. The molecule has 0 aliphatic carbocycles. The minimum Gasteiger partial charge on any atom is -0.458 e. The molecule has 0 aliphatic heterocycles. The minimum absolute atomic E-state index is 0.0743. The summed E-state index contributed by atoms with van der Waals surface area (Å²) in [5, 5.41) is 2.30. The summed E-state index contributed by atoms with van der Waals surface area (Å²) in [6.07, 6.45) is 8.10. The zero-order valence-electron chi connectivity index (χ0n) is 44.2. The summed E-state index contributed by atoms with van der Waals surface area (Å²) < 4.78 is 13.9. The number of fused-ring (bicyclic) bond motifs is 3. The van der Waals surface area contributed by atoms with Crippen molar-refractivity contribution in [2.24, 2.45) is 0 Å². The van der Waals surface area contributed by atoms with Crippen LogP contribution in [-0.2, 0) is 21.7 Å². The van der Waals surface area contributed by atoms with Crippen LogP contribution in [0.1, 0.15) is 128 Å². The van der Waals surface area contributed by atoms with Crippen molar-refractivity contribution in [1.29, 1.82) is 0 Å². The van der Waals surface area contributed by atoms with Gasteiger partial charge in [-0.05, 0) is 122 Å². The standard InChI is InChI=1S/C67H68N4O/c1-45(2)56-27-19-20-28-57(56)46-35-53(70-44-69(43-62(70)65(6,7)8)52-38-50(64(3,4)5)37-51(39-52)67(11,12)48-25-17-14-18-26-48)41-55(36-46)72-54-31-32-59-58-29-21-22-30-60(58)71(61(59)42-54)63-40-49(33-34-68-63)66(9,10)47-23-15-13-16-24-47/h13-43,45H,1-12H3. The largest absolute Gasteiger partial charge is 0.458 e. The quantitative estimate of drug-likeness (QED) is 0.0957. The molecular weight excluding hydrogens is 877 g/mol. The van der Waals surface area contributed by atoms with Gasteiger partial charge in [0.1, 0.15) is 17.3 Å². The zero-order chi connectivity index (χ0) is 50.7. The molecule has 5 nitrogen and oxygen atoms in total. The van der Waals surface area contributed by atoms with Crippen LogP contribution in [-0.4, -0.2) is 14.1 Å². The van der Waals surface area contributed by atoms with Crippen molar-refractivity contribution < 1.29 is 9.30 Å². The van der Waals surface area contributed by atoms with Gasteiger partial charge in [-0.15, -0.1) is 0 Å². The van der Waals surface area contributed by atoms with Crippen molar-refractivity contribution in [3.8, 4) is 39.8 Å². The van der Waals surface area contributed by atoms with Gasteiger partial charge in [-0.3, -0.25) is 13.7 Å². The lowest BCUT2D eigenvalue weighted by Gasteiger charge is -2.30. The number of nitrogens with zero attached hydrogens (tertiary/aromatic N) is 4. The summed E-state index contributed by atoms with van der Waals surface area (Å²) in [6, 6.07) is 63.5. The van der Waals surface area contributed by atoms with E-state index in [1.165, 1.54) is 38.9 Å². The Bertz CT molecular complexity index is 3590. The van der Waals surface area contributed by atoms with Crippen LogP contribution in [0.25, 0.3) is 50.1 Å². The molecule has 0 amide bonds. The van der Waals surface area contributed by atoms with Crippen molar-refractivity contribution in [3.63, 3.8) is 0 Å². The van der Waals surface area contributed by atoms with Gasteiger partial charge in [-0.1, -0.05) is 192 Å². The van der Waals surface area contributed by atoms with Crippen molar-refractivity contribution >= 4 is 21.8 Å². The van der Waals surface area contributed by atoms with E-state index in [-0.39, 0.29) is 21.7 Å². The maximum absolute atomic E-state index is 7.13. The first kappa shape index (κ1) is 48.1. The lowest BCUT2D eigenvalue weighted by Crippen LogP contribution is -2.31. The van der Waals surface area contributed by atoms with Gasteiger partial charge in [-0.2, -0.15) is 0 Å². The first-order chi connectivity index (χ1) is 34.3. The van der Waals surface area contributed by atoms with Gasteiger partial charge in [0.05, 0.1) is 28.1 Å². The van der Waals surface area contributed by atoms with Crippen LogP contribution in [0.2, 0.25) is 0 Å². The first-order valence-corrected chi connectivity index (χ1v) is 25.5. The van der Waals surface area contributed by atoms with Crippen molar-refractivity contribution in [1.82, 2.24) is 14.1 Å². The number of benzene rings is 7. The molecular formula is C67H68N4O. The summed E-state index contributed by atoms with van der Waals surface area (Å²) in [7, 11) is 0. The van der Waals surface area contributed by atoms with E-state index in [9.17, 15) is 0 Å². The van der Waals surface area contributed by atoms with Gasteiger partial charge in [0.25, 0.3) is 6.33 Å². The van der Waals surface area contributed by atoms with Gasteiger partial charge in [0.2, 0.25) is 0 Å². The fraction of sp³-hybridized carbons (Fsp3) is 0.254. The van der Waals surface area contributed by atoms with Crippen LogP contribution in [0.15, 0.2) is 188 Å². The van der Waals surface area contributed by atoms with E-state index in [1.54, 1.807) is 0 Å². The molecule has 7 aromatic carbocycles. The average Bonchev–Trinajstić information content (AvgIpc) is 3.98. The number of hydrogen-bond acceptors (Lipinski definition) is 2. The number of rotatable bonds is 11. The number of para-hydroxylation sites is 1. The Morgan fingerprint density at radius 1 is 0.514 bits per heavy atom. The Morgan fingerprint density at radius 3 is 1.82 bits per heavy atom. The third-order valence-electron chi connectivity index (χ3n) is 14.9. The third-order valence-corrected chi connectivity index (χ3v) is 14.9. The normalized spacial score (nSPS) is 12.6. The summed E-state index contributed by atoms with van der Waals surface area (Å²) in [6.45, 7) is 27.5. The van der Waals surface area contributed by atoms with Gasteiger partial charge < -0.3 is 4.74 Å². The molecule has 0 bridgehead atoms. The Labute approximate surface area is 427 Å². The van der Waals surface area contributed by atoms with Crippen molar-refractivity contribution in [3.05, 3.63) is 234 Å². The highest BCUT2D eigenvalue weighted by Gasteiger charge is 2.29. The van der Waals surface area contributed by atoms with E-state index in [2.05, 4.69) is 285 Å². The summed E-state index contributed by atoms with van der Waals surface area (Å²) in [5.74, 6) is 2.66. The van der Waals surface area contributed by atoms with Crippen LogP contribution in [0.5, 0.6) is 11.5 Å². The number of imidazole rings is 1. The monoisotopic (exact) mass is 945 g/mol. The second kappa shape index (κ2) is 18.3. The van der Waals surface area contributed by atoms with Crippen LogP contribution in [0.3, 0.4) is 0 Å². The Hall–Kier alpha value is -7.50. The lowest BCUT2D eigenvalue weighted by atomic mass is 9.75. The molecule has 0 saturated carbocycles. The second-order valence-electron chi connectivity index (χ2n) is 23.1. The third kappa shape index (κ3) is 9.06. The lowest BCUT2D eigenvalue weighted by molar-refractivity contribution is -0.599. The SMILES string of the molecule is CC(C)c1ccccc1-c1cc(Oc2ccc3c4ccccc4n(-c4cc(C(C)(C)c5ccccc5)ccn4)c3c2)cc(-n2[c-][n+](-c3cc(C(C)(C)C)cc(C(C)(C)c4ccccc4)c3)cc2C(C)(C)C)c1. The predicted molar refractivity (Wildman–Crippen MR) is 299 cm³/mol. The number of ether oxygens (including phenoxy) is 1. The number of pyridine rings is 1. The maximum atomic E-state index is 7.13. The molecule has 0 spiro atoms. The Morgan fingerprint density at radius 2 is 1.14 bits per heavy atom. The fourth-order valence-corrected chi connectivity index (χ4v) is 10.3. The molecule has 3 aromatic heterocycles. The van der Waals surface area contributed by atoms with Gasteiger partial charge >= 0.3 is 0 Å². The molecule has 5 heteroatoms. The van der Waals surface area contributed by atoms with Crippen LogP contribution in [0, 0.1) is 6.33 Å². The molecule has 0 aliphatic rings. The molecule has 10 rings (SSSR count). The molecule has 0 saturated heterocycles. The summed E-state index contributed by atoms with van der Waals surface area (Å²) in [4.78, 5) is 5.03. The number of hydrogen-bond donors (Lipinski definition) is 0. The highest BCUT2D eigenvalue weighted by Crippen LogP contribution is 2.41. The first-order valence-electron chi connectivity index (χ1n) is 25.5. The average molecular weight is 945 g/mol. The predicted octanol–water partition coefficient (Wildman–Crippen LogP) is 16.9. The van der Waals surface area contributed by atoms with Gasteiger partial charge in [0, 0.05) is 40.1 Å². The van der Waals surface area contributed by atoms with E-state index in [4.69, 9.17) is 9.72 Å². The fourth-order valence-electron chi connectivity index (χ4n) is 10.3. The molecule has 0 N–H and O–H groups in total. The summed E-state index contributed by atoms with van der Waals surface area (Å²) in [5.41, 5.74) is 14.4. The highest BCUT2D eigenvalue weighted by atomic mass is 16.5. The molecule has 362 valence electrons. The smallest absolute Gasteiger partial charge is 0.269 e. The zero-order valence-corrected chi connectivity index (χ0v) is 44.2. The molecule has 0 unspecified atom stereocenters. The van der Waals surface area contributed by atoms with E-state index in [0.29, 0.717) is 5.92 Å². The topological polar surface area (TPSA) is 35.9 Å². The van der Waals surface area contributed by atoms with E-state index >= 15 is 0 Å². The van der Waals surface area contributed by atoms with Crippen LogP contribution < -0.4 is 9.30 Å². The molecule has 72 heavy (non-hydrogen) atoms. The molecule has 0 fully saturated rings. The molecule has 10 aromatic rings. The molecule has 3 heterocycles. The highest BCUT2D eigenvalue weighted by molar-refractivity contribution is 6.09. The second-order valence-corrected chi connectivity index (χ2v) is 23.1. The van der Waals surface area contributed by atoms with E-state index < -0.39 is 0 Å². The molecule has 0 radical (unpaired) electrons. The van der Waals surface area contributed by atoms with E-state index in [0.717, 1.165) is 61.8 Å². The Kier molecular flexibility index (Phi) is 12.2. The van der Waals surface area contributed by atoms with Crippen molar-refractivity contribution in [2.45, 2.75) is 111 Å². The van der Waals surface area contributed by atoms with Crippen molar-refractivity contribution in [2.75, 3.05) is 0 Å². The van der Waals surface area contributed by atoms with E-state index in [1.807, 2.05) is 6.20 Å². The maximum Gasteiger partial charge on any atom is 0.269 e. The van der Waals surface area contributed by atoms with Gasteiger partial charge in [0.15, 0.2) is 0 Å². The van der Waals surface area contributed by atoms with Crippen LogP contribution in [0.4, 0.5) is 0 Å². The Balaban J connectivity index is 1.13. The summed E-state index contributed by atoms with van der Waals surface area (Å²) >= 11 is 0. The van der Waals surface area contributed by atoms with Gasteiger partial charge in [-0.25, -0.2) is 4.98 Å². The minimum atomic E-state index is -0.234. The van der Waals surface area contributed by atoms with Crippen LogP contribution >= 0.6 is 0 Å².